The van der Waals surface area contributed by atoms with Crippen LogP contribution in [0.3, 0.4) is 0 Å². The lowest BCUT2D eigenvalue weighted by molar-refractivity contribution is 0.437. The highest BCUT2D eigenvalue weighted by molar-refractivity contribution is 6.31. The third-order valence-electron chi connectivity index (χ3n) is 11.3. The van der Waals surface area contributed by atoms with Crippen LogP contribution >= 0.6 is 0 Å². The second-order valence-electron chi connectivity index (χ2n) is 14.8. The van der Waals surface area contributed by atoms with E-state index in [9.17, 15) is 0 Å². The maximum absolute atomic E-state index is 6.38. The highest BCUT2D eigenvalue weighted by Crippen LogP contribution is 2.57. The molecule has 0 aliphatic heterocycles. The summed E-state index contributed by atoms with van der Waals surface area (Å²) < 4.78 is 12.7. The van der Waals surface area contributed by atoms with E-state index in [2.05, 4.69) is 119 Å². The molecule has 0 spiro atoms. The van der Waals surface area contributed by atoms with Crippen LogP contribution in [0, 0.1) is 0 Å². The quantitative estimate of drug-likeness (QED) is 0.182. The summed E-state index contributed by atoms with van der Waals surface area (Å²) in [7, 11) is 0. The molecule has 0 bridgehead atoms. The third kappa shape index (κ3) is 3.75. The monoisotopic (exact) mass is 620 g/mol. The standard InChI is InChI=1S/C46H36O2/c1-45(2)37-21-15-27-24-36-34-20-18-32(48-30-13-9-6-10-14-30)26-40(34)46(3,4)38-22-16-28-23-35(43(37)41(27)42(28)44(36)38)33-19-17-31(25-39(33)45)47-29-11-7-5-8-12-29/h5,7-9,11-26H,6,10H2,1-4H3. The van der Waals surface area contributed by atoms with Crippen LogP contribution < -0.4 is 9.47 Å². The molecule has 3 aliphatic rings. The number of hydrogen-bond acceptors (Lipinski definition) is 2. The topological polar surface area (TPSA) is 18.5 Å². The Labute approximate surface area is 281 Å². The van der Waals surface area contributed by atoms with Crippen LogP contribution in [0.25, 0.3) is 54.6 Å². The molecule has 3 aliphatic carbocycles. The van der Waals surface area contributed by atoms with E-state index in [-0.39, 0.29) is 10.8 Å². The molecule has 2 heteroatoms. The summed E-state index contributed by atoms with van der Waals surface area (Å²) in [5.41, 5.74) is 10.2. The van der Waals surface area contributed by atoms with E-state index in [0.717, 1.165) is 35.8 Å². The summed E-state index contributed by atoms with van der Waals surface area (Å²) in [6, 6.07) is 37.8. The van der Waals surface area contributed by atoms with Crippen molar-refractivity contribution in [2.24, 2.45) is 0 Å². The zero-order chi connectivity index (χ0) is 32.4. The molecule has 7 aromatic carbocycles. The Balaban J connectivity index is 1.20. The van der Waals surface area contributed by atoms with Crippen molar-refractivity contribution >= 4 is 32.3 Å². The SMILES string of the molecule is CC1(C)c2cc(OC3=CCCC=C3)ccc2-c2cc3ccc4c5c(cc6ccc1c2c6c35)-c1ccc(Oc2ccccc2)cc1C4(C)C. The molecule has 0 saturated carbocycles. The van der Waals surface area contributed by atoms with Gasteiger partial charge in [-0.05, 0) is 150 Å². The first kappa shape index (κ1) is 27.7. The van der Waals surface area contributed by atoms with Crippen molar-refractivity contribution in [3.05, 3.63) is 149 Å². The fraction of sp³-hybridized carbons (Fsp3) is 0.174. The van der Waals surface area contributed by atoms with Gasteiger partial charge in [-0.1, -0.05) is 88.4 Å². The van der Waals surface area contributed by atoms with Crippen LogP contribution in [0.2, 0.25) is 0 Å². The summed E-state index contributed by atoms with van der Waals surface area (Å²) in [6.07, 6.45) is 8.58. The molecular weight excluding hydrogens is 585 g/mol. The van der Waals surface area contributed by atoms with E-state index in [1.807, 2.05) is 30.3 Å². The van der Waals surface area contributed by atoms with Gasteiger partial charge in [0, 0.05) is 10.8 Å². The van der Waals surface area contributed by atoms with E-state index in [1.54, 1.807) is 0 Å². The molecule has 0 unspecified atom stereocenters. The second kappa shape index (κ2) is 9.61. The number of benzene rings is 7. The van der Waals surface area contributed by atoms with E-state index < -0.39 is 0 Å². The predicted octanol–water partition coefficient (Wildman–Crippen LogP) is 12.6. The van der Waals surface area contributed by atoms with Gasteiger partial charge in [0.05, 0.1) is 0 Å². The zero-order valence-electron chi connectivity index (χ0n) is 27.8. The number of hydrogen-bond donors (Lipinski definition) is 0. The number of para-hydroxylation sites is 1. The Morgan fingerprint density at radius 1 is 0.458 bits per heavy atom. The van der Waals surface area contributed by atoms with E-state index >= 15 is 0 Å². The Morgan fingerprint density at radius 3 is 1.56 bits per heavy atom. The van der Waals surface area contributed by atoms with E-state index in [4.69, 9.17) is 9.47 Å². The number of ether oxygens (including phenoxy) is 2. The van der Waals surface area contributed by atoms with Gasteiger partial charge in [0.25, 0.3) is 0 Å². The lowest BCUT2D eigenvalue weighted by atomic mass is 9.65. The number of allylic oxidation sites excluding steroid dienone is 3. The maximum atomic E-state index is 6.38. The average molecular weight is 621 g/mol. The van der Waals surface area contributed by atoms with Gasteiger partial charge in [0.1, 0.15) is 23.0 Å². The zero-order valence-corrected chi connectivity index (χ0v) is 27.8. The Bertz CT molecular complexity index is 2540. The van der Waals surface area contributed by atoms with Gasteiger partial charge in [-0.15, -0.1) is 0 Å². The minimum atomic E-state index is -0.200. The van der Waals surface area contributed by atoms with Crippen LogP contribution in [-0.2, 0) is 10.8 Å². The predicted molar refractivity (Wildman–Crippen MR) is 199 cm³/mol. The number of fused-ring (bicyclic) bond motifs is 4. The largest absolute Gasteiger partial charge is 0.458 e. The Morgan fingerprint density at radius 2 is 1.02 bits per heavy atom. The lowest BCUT2D eigenvalue weighted by Gasteiger charge is -2.38. The van der Waals surface area contributed by atoms with Crippen LogP contribution in [0.4, 0.5) is 0 Å². The second-order valence-corrected chi connectivity index (χ2v) is 14.8. The molecule has 7 aromatic rings. The first-order chi connectivity index (χ1) is 23.3. The van der Waals surface area contributed by atoms with Gasteiger partial charge in [0.2, 0.25) is 0 Å². The molecule has 0 fully saturated rings. The number of rotatable bonds is 4. The van der Waals surface area contributed by atoms with E-state index in [0.29, 0.717) is 0 Å². The van der Waals surface area contributed by atoms with Crippen molar-refractivity contribution < 1.29 is 9.47 Å². The van der Waals surface area contributed by atoms with Crippen molar-refractivity contribution in [2.75, 3.05) is 0 Å². The van der Waals surface area contributed by atoms with Crippen molar-refractivity contribution in [1.82, 2.24) is 0 Å². The van der Waals surface area contributed by atoms with Gasteiger partial charge < -0.3 is 9.47 Å². The van der Waals surface area contributed by atoms with E-state index in [1.165, 1.54) is 76.8 Å². The van der Waals surface area contributed by atoms with Gasteiger partial charge in [-0.3, -0.25) is 0 Å². The van der Waals surface area contributed by atoms with Gasteiger partial charge in [0.15, 0.2) is 0 Å². The normalized spacial score (nSPS) is 16.5. The Hall–Kier alpha value is -5.34. The molecule has 0 atom stereocenters. The van der Waals surface area contributed by atoms with Gasteiger partial charge in [-0.25, -0.2) is 0 Å². The van der Waals surface area contributed by atoms with Crippen LogP contribution in [0.1, 0.15) is 62.8 Å². The minimum Gasteiger partial charge on any atom is -0.458 e. The van der Waals surface area contributed by atoms with Crippen molar-refractivity contribution in [1.29, 1.82) is 0 Å². The molecule has 0 saturated heterocycles. The molecule has 10 rings (SSSR count). The summed E-state index contributed by atoms with van der Waals surface area (Å²) >= 11 is 0. The van der Waals surface area contributed by atoms with Crippen molar-refractivity contribution in [3.8, 4) is 39.5 Å². The lowest BCUT2D eigenvalue weighted by Crippen LogP contribution is -2.25. The van der Waals surface area contributed by atoms with Crippen molar-refractivity contribution in [3.63, 3.8) is 0 Å². The molecule has 232 valence electrons. The fourth-order valence-corrected chi connectivity index (χ4v) is 8.89. The molecule has 0 amide bonds. The molecule has 0 N–H and O–H groups in total. The average Bonchev–Trinajstić information content (AvgIpc) is 3.10. The molecule has 0 radical (unpaired) electrons. The van der Waals surface area contributed by atoms with Crippen LogP contribution in [-0.4, -0.2) is 0 Å². The summed E-state index contributed by atoms with van der Waals surface area (Å²) in [4.78, 5) is 0. The smallest absolute Gasteiger partial charge is 0.127 e. The van der Waals surface area contributed by atoms with Crippen LogP contribution in [0.5, 0.6) is 17.2 Å². The van der Waals surface area contributed by atoms with Gasteiger partial charge >= 0.3 is 0 Å². The first-order valence-electron chi connectivity index (χ1n) is 17.2. The molecule has 48 heavy (non-hydrogen) atoms. The highest BCUT2D eigenvalue weighted by Gasteiger charge is 2.38. The fourth-order valence-electron chi connectivity index (χ4n) is 8.89. The van der Waals surface area contributed by atoms with Crippen molar-refractivity contribution in [2.45, 2.75) is 51.4 Å². The third-order valence-corrected chi connectivity index (χ3v) is 11.3. The maximum Gasteiger partial charge on any atom is 0.127 e. The van der Waals surface area contributed by atoms with Gasteiger partial charge in [-0.2, -0.15) is 0 Å². The molecule has 2 nitrogen and oxygen atoms in total. The first-order valence-corrected chi connectivity index (χ1v) is 17.2. The summed E-state index contributed by atoms with van der Waals surface area (Å²) in [5.74, 6) is 3.56. The molecule has 0 aromatic heterocycles. The summed E-state index contributed by atoms with van der Waals surface area (Å²) in [5, 5.41) is 8.15. The highest BCUT2D eigenvalue weighted by atomic mass is 16.5. The van der Waals surface area contributed by atoms with Crippen LogP contribution in [0.15, 0.2) is 127 Å². The minimum absolute atomic E-state index is 0.190. The molecular formula is C46H36O2. The molecule has 0 heterocycles. The Kier molecular flexibility index (Phi) is 5.55. The summed E-state index contributed by atoms with van der Waals surface area (Å²) in [6.45, 7) is 9.48.